The third-order valence-corrected chi connectivity index (χ3v) is 8.59. The zero-order chi connectivity index (χ0) is 28.5. The number of benzene rings is 2. The molecule has 214 valence electrons. The number of rotatable bonds is 13. The SMILES string of the molecule is COc1ccc(CCN(Cc2sccc2C)C(=O)CN(CCN2CCCC2)C(=O)c2cccc(Cl)c2)cc1OC. The third kappa shape index (κ3) is 7.99. The second-order valence-electron chi connectivity index (χ2n) is 10.1. The average Bonchev–Trinajstić information content (AvgIpc) is 3.64. The number of halogens is 1. The molecule has 7 nitrogen and oxygen atoms in total. The molecule has 0 saturated carbocycles. The molecular formula is C31H38ClN3O4S. The van der Waals surface area contributed by atoms with Gasteiger partial charge in [0.2, 0.25) is 5.91 Å². The molecule has 3 aromatic rings. The number of nitrogens with zero attached hydrogens (tertiary/aromatic N) is 3. The largest absolute Gasteiger partial charge is 0.493 e. The summed E-state index contributed by atoms with van der Waals surface area (Å²) in [5.41, 5.74) is 2.70. The van der Waals surface area contributed by atoms with E-state index < -0.39 is 0 Å². The van der Waals surface area contributed by atoms with Crippen LogP contribution in [0.5, 0.6) is 11.5 Å². The fraction of sp³-hybridized carbons (Fsp3) is 0.419. The molecule has 1 fully saturated rings. The van der Waals surface area contributed by atoms with E-state index in [1.54, 1.807) is 54.7 Å². The third-order valence-electron chi connectivity index (χ3n) is 7.34. The van der Waals surface area contributed by atoms with E-state index in [4.69, 9.17) is 21.1 Å². The predicted octanol–water partition coefficient (Wildman–Crippen LogP) is 5.54. The first-order valence-electron chi connectivity index (χ1n) is 13.7. The number of amides is 2. The van der Waals surface area contributed by atoms with Gasteiger partial charge in [-0.3, -0.25) is 9.59 Å². The minimum Gasteiger partial charge on any atom is -0.493 e. The summed E-state index contributed by atoms with van der Waals surface area (Å²) in [6.07, 6.45) is 2.99. The standard InChI is InChI=1S/C31H38ClN3O4S/c1-23-12-18-40-29(23)21-34(15-11-24-9-10-27(38-2)28(19-24)39-3)30(36)22-35(17-16-33-13-4-5-14-33)31(37)25-7-6-8-26(32)20-25/h6-10,12,18-20H,4-5,11,13-17,21-22H2,1-3H3. The Kier molecular flexibility index (Phi) is 10.9. The highest BCUT2D eigenvalue weighted by atomic mass is 35.5. The molecule has 4 rings (SSSR count). The lowest BCUT2D eigenvalue weighted by atomic mass is 10.1. The van der Waals surface area contributed by atoms with Crippen LogP contribution in [0.25, 0.3) is 0 Å². The minimum atomic E-state index is -0.179. The number of likely N-dealkylation sites (tertiary alicyclic amines) is 1. The van der Waals surface area contributed by atoms with Crippen molar-refractivity contribution in [3.63, 3.8) is 0 Å². The first-order valence-corrected chi connectivity index (χ1v) is 14.9. The highest BCUT2D eigenvalue weighted by molar-refractivity contribution is 7.10. The number of hydrogen-bond acceptors (Lipinski definition) is 6. The Morgan fingerprint density at radius 1 is 0.975 bits per heavy atom. The van der Waals surface area contributed by atoms with Gasteiger partial charge in [-0.1, -0.05) is 23.7 Å². The number of methoxy groups -OCH3 is 2. The van der Waals surface area contributed by atoms with E-state index in [1.165, 1.54) is 12.8 Å². The van der Waals surface area contributed by atoms with Crippen LogP contribution in [0.1, 0.15) is 39.2 Å². The normalized spacial score (nSPS) is 13.3. The van der Waals surface area contributed by atoms with E-state index >= 15 is 0 Å². The van der Waals surface area contributed by atoms with Gasteiger partial charge in [-0.2, -0.15) is 0 Å². The number of carbonyl (C=O) groups excluding carboxylic acids is 2. The average molecular weight is 584 g/mol. The molecule has 0 unspecified atom stereocenters. The van der Waals surface area contributed by atoms with Gasteiger partial charge in [0.25, 0.3) is 5.91 Å². The van der Waals surface area contributed by atoms with E-state index in [0.29, 0.717) is 48.1 Å². The molecule has 1 saturated heterocycles. The van der Waals surface area contributed by atoms with E-state index in [1.807, 2.05) is 28.5 Å². The topological polar surface area (TPSA) is 62.3 Å². The summed E-state index contributed by atoms with van der Waals surface area (Å²) < 4.78 is 10.8. The van der Waals surface area contributed by atoms with Crippen molar-refractivity contribution >= 4 is 34.8 Å². The maximum atomic E-state index is 13.9. The van der Waals surface area contributed by atoms with E-state index in [-0.39, 0.29) is 18.4 Å². The van der Waals surface area contributed by atoms with Gasteiger partial charge in [-0.25, -0.2) is 0 Å². The van der Waals surface area contributed by atoms with Gasteiger partial charge < -0.3 is 24.2 Å². The number of thiophene rings is 1. The summed E-state index contributed by atoms with van der Waals surface area (Å²) in [5, 5.41) is 2.55. The molecular weight excluding hydrogens is 546 g/mol. The Morgan fingerprint density at radius 2 is 1.75 bits per heavy atom. The smallest absolute Gasteiger partial charge is 0.254 e. The summed E-state index contributed by atoms with van der Waals surface area (Å²) in [6, 6.07) is 14.8. The number of aryl methyl sites for hydroxylation is 1. The van der Waals surface area contributed by atoms with Crippen LogP contribution in [0.2, 0.25) is 5.02 Å². The van der Waals surface area contributed by atoms with Crippen LogP contribution in [0.15, 0.2) is 53.9 Å². The van der Waals surface area contributed by atoms with Crippen molar-refractivity contribution in [3.05, 3.63) is 80.5 Å². The number of ether oxygens (including phenoxy) is 2. The summed E-state index contributed by atoms with van der Waals surface area (Å²) in [4.78, 5) is 34.5. The van der Waals surface area contributed by atoms with E-state index in [0.717, 1.165) is 35.6 Å². The van der Waals surface area contributed by atoms with Crippen LogP contribution in [0.3, 0.4) is 0 Å². The van der Waals surface area contributed by atoms with Crippen LogP contribution in [-0.4, -0.2) is 80.0 Å². The quantitative estimate of drug-likeness (QED) is 0.264. The lowest BCUT2D eigenvalue weighted by Gasteiger charge is -2.29. The van der Waals surface area contributed by atoms with E-state index in [2.05, 4.69) is 17.9 Å². The minimum absolute atomic E-state index is 0.00947. The van der Waals surface area contributed by atoms with Crippen molar-refractivity contribution in [2.45, 2.75) is 32.7 Å². The monoisotopic (exact) mass is 583 g/mol. The molecule has 2 aromatic carbocycles. The summed E-state index contributed by atoms with van der Waals surface area (Å²) in [5.74, 6) is 1.07. The highest BCUT2D eigenvalue weighted by Gasteiger charge is 2.25. The van der Waals surface area contributed by atoms with Crippen molar-refractivity contribution in [2.24, 2.45) is 0 Å². The fourth-order valence-corrected chi connectivity index (χ4v) is 6.03. The molecule has 0 spiro atoms. The van der Waals surface area contributed by atoms with Crippen molar-refractivity contribution in [1.82, 2.24) is 14.7 Å². The van der Waals surface area contributed by atoms with Crippen molar-refractivity contribution in [1.29, 1.82) is 0 Å². The summed E-state index contributed by atoms with van der Waals surface area (Å²) in [7, 11) is 3.23. The van der Waals surface area contributed by atoms with E-state index in [9.17, 15) is 9.59 Å². The number of carbonyl (C=O) groups is 2. The lowest BCUT2D eigenvalue weighted by Crippen LogP contribution is -2.45. The van der Waals surface area contributed by atoms with Crippen LogP contribution in [-0.2, 0) is 17.8 Å². The van der Waals surface area contributed by atoms with Crippen molar-refractivity contribution in [2.75, 3.05) is 53.5 Å². The molecule has 2 heterocycles. The first-order chi connectivity index (χ1) is 19.4. The maximum absolute atomic E-state index is 13.9. The van der Waals surface area contributed by atoms with Crippen LogP contribution in [0.4, 0.5) is 0 Å². The van der Waals surface area contributed by atoms with Gasteiger partial charge in [-0.15, -0.1) is 11.3 Å². The van der Waals surface area contributed by atoms with Gasteiger partial charge in [0.05, 0.1) is 20.8 Å². The Balaban J connectivity index is 1.53. The number of hydrogen-bond donors (Lipinski definition) is 0. The highest BCUT2D eigenvalue weighted by Crippen LogP contribution is 2.28. The van der Waals surface area contributed by atoms with Gasteiger partial charge >= 0.3 is 0 Å². The molecule has 40 heavy (non-hydrogen) atoms. The summed E-state index contributed by atoms with van der Waals surface area (Å²) >= 11 is 7.84. The van der Waals surface area contributed by atoms with Crippen molar-refractivity contribution in [3.8, 4) is 11.5 Å². The molecule has 0 atom stereocenters. The van der Waals surface area contributed by atoms with Gasteiger partial charge in [0.1, 0.15) is 6.54 Å². The fourth-order valence-electron chi connectivity index (χ4n) is 4.92. The predicted molar refractivity (Wildman–Crippen MR) is 161 cm³/mol. The molecule has 0 N–H and O–H groups in total. The molecule has 1 aliphatic rings. The Labute approximate surface area is 246 Å². The molecule has 9 heteroatoms. The zero-order valence-corrected chi connectivity index (χ0v) is 25.1. The molecule has 0 bridgehead atoms. The van der Waals surface area contributed by atoms with Gasteiger partial charge in [0.15, 0.2) is 11.5 Å². The molecule has 1 aromatic heterocycles. The second-order valence-corrected chi connectivity index (χ2v) is 11.5. The van der Waals surface area contributed by atoms with Crippen LogP contribution >= 0.6 is 22.9 Å². The zero-order valence-electron chi connectivity index (χ0n) is 23.5. The molecule has 1 aliphatic heterocycles. The first kappa shape index (κ1) is 29.9. The molecule has 0 aliphatic carbocycles. The Hall–Kier alpha value is -3.07. The van der Waals surface area contributed by atoms with Crippen molar-refractivity contribution < 1.29 is 19.1 Å². The maximum Gasteiger partial charge on any atom is 0.254 e. The van der Waals surface area contributed by atoms with Gasteiger partial charge in [0, 0.05) is 35.1 Å². The Morgan fingerprint density at radius 3 is 2.42 bits per heavy atom. The second kappa shape index (κ2) is 14.5. The molecule has 2 amide bonds. The van der Waals surface area contributed by atoms with Crippen LogP contribution in [0, 0.1) is 6.92 Å². The lowest BCUT2D eigenvalue weighted by molar-refractivity contribution is -0.132. The van der Waals surface area contributed by atoms with Gasteiger partial charge in [-0.05, 0) is 92.2 Å². The Bertz CT molecular complexity index is 1290. The van der Waals surface area contributed by atoms with Crippen LogP contribution < -0.4 is 9.47 Å². The molecule has 0 radical (unpaired) electrons. The summed E-state index contributed by atoms with van der Waals surface area (Å²) in [6.45, 7) is 6.37.